The fourth-order valence-electron chi connectivity index (χ4n) is 1.48. The van der Waals surface area contributed by atoms with Gasteiger partial charge < -0.3 is 9.84 Å². The van der Waals surface area contributed by atoms with Gasteiger partial charge in [0, 0.05) is 12.4 Å². The summed E-state index contributed by atoms with van der Waals surface area (Å²) in [6, 6.07) is 5.18. The first-order valence-electron chi connectivity index (χ1n) is 5.30. The van der Waals surface area contributed by atoms with Gasteiger partial charge in [-0.2, -0.15) is 5.10 Å². The molecule has 0 fully saturated rings. The summed E-state index contributed by atoms with van der Waals surface area (Å²) in [6.07, 6.45) is 3.41. The molecule has 0 atom stereocenters. The number of carboxylic acid groups (broad SMARTS) is 1. The maximum absolute atomic E-state index is 12.9. The Morgan fingerprint density at radius 2 is 2.33 bits per heavy atom. The van der Waals surface area contributed by atoms with Crippen LogP contribution >= 0.6 is 0 Å². The van der Waals surface area contributed by atoms with Gasteiger partial charge in [0.15, 0.2) is 0 Å². The van der Waals surface area contributed by atoms with E-state index in [9.17, 15) is 9.18 Å². The molecule has 0 saturated heterocycles. The zero-order valence-corrected chi connectivity index (χ0v) is 9.41. The first-order chi connectivity index (χ1) is 8.66. The molecule has 2 rings (SSSR count). The molecule has 0 unspecified atom stereocenters. The van der Waals surface area contributed by atoms with Crippen molar-refractivity contribution in [3.05, 3.63) is 48.0 Å². The molecule has 1 N–H and O–H groups in total. The Labute approximate surface area is 102 Å². The molecule has 1 aromatic heterocycles. The normalized spacial score (nSPS) is 10.3. The number of benzene rings is 1. The maximum atomic E-state index is 12.9. The number of aromatic nitrogens is 2. The van der Waals surface area contributed by atoms with Gasteiger partial charge in [-0.25, -0.2) is 9.18 Å². The molecule has 1 aromatic carbocycles. The van der Waals surface area contributed by atoms with E-state index >= 15 is 0 Å². The van der Waals surface area contributed by atoms with Crippen molar-refractivity contribution in [3.8, 4) is 5.75 Å². The Bertz CT molecular complexity index is 540. The number of carbonyl (C=O) groups is 1. The summed E-state index contributed by atoms with van der Waals surface area (Å²) in [5, 5.41) is 12.9. The highest BCUT2D eigenvalue weighted by atomic mass is 19.1. The predicted octanol–water partition coefficient (Wildman–Crippen LogP) is 1.80. The lowest BCUT2D eigenvalue weighted by molar-refractivity contribution is 0.0691. The smallest absolute Gasteiger partial charge is 0.339 e. The molecule has 0 aliphatic heterocycles. The van der Waals surface area contributed by atoms with E-state index in [0.29, 0.717) is 6.54 Å². The zero-order chi connectivity index (χ0) is 13.0. The number of hydrogen-bond acceptors (Lipinski definition) is 3. The number of ether oxygens (including phenoxy) is 1. The predicted molar refractivity (Wildman–Crippen MR) is 61.1 cm³/mol. The average Bonchev–Trinajstić information content (AvgIpc) is 2.84. The molecular weight excluding hydrogens is 239 g/mol. The quantitative estimate of drug-likeness (QED) is 0.878. The van der Waals surface area contributed by atoms with E-state index in [4.69, 9.17) is 9.84 Å². The van der Waals surface area contributed by atoms with Crippen LogP contribution in [0.3, 0.4) is 0 Å². The summed E-state index contributed by atoms with van der Waals surface area (Å²) >= 11 is 0. The van der Waals surface area contributed by atoms with E-state index < -0.39 is 11.8 Å². The van der Waals surface area contributed by atoms with Crippen molar-refractivity contribution >= 4 is 5.97 Å². The fourth-order valence-corrected chi connectivity index (χ4v) is 1.48. The number of carboxylic acids is 1. The molecule has 0 amide bonds. The van der Waals surface area contributed by atoms with E-state index in [1.165, 1.54) is 6.07 Å². The van der Waals surface area contributed by atoms with Crippen LogP contribution in [0.15, 0.2) is 36.7 Å². The molecule has 0 bridgehead atoms. The molecular formula is C12H11FN2O3. The van der Waals surface area contributed by atoms with E-state index in [1.54, 1.807) is 23.1 Å². The summed E-state index contributed by atoms with van der Waals surface area (Å²) in [6.45, 7) is 0.747. The highest BCUT2D eigenvalue weighted by Gasteiger charge is 2.12. The van der Waals surface area contributed by atoms with Crippen LogP contribution in [0, 0.1) is 5.82 Å². The first kappa shape index (κ1) is 12.1. The van der Waals surface area contributed by atoms with E-state index in [1.807, 2.05) is 0 Å². The van der Waals surface area contributed by atoms with Gasteiger partial charge in [-0.15, -0.1) is 0 Å². The summed E-state index contributed by atoms with van der Waals surface area (Å²) in [5.41, 5.74) is -0.185. The number of nitrogens with zero attached hydrogens (tertiary/aromatic N) is 2. The Morgan fingerprint density at radius 1 is 1.50 bits per heavy atom. The molecule has 94 valence electrons. The number of hydrogen-bond donors (Lipinski definition) is 1. The van der Waals surface area contributed by atoms with Crippen molar-refractivity contribution in [3.63, 3.8) is 0 Å². The van der Waals surface area contributed by atoms with Crippen molar-refractivity contribution < 1.29 is 19.0 Å². The second-order valence-corrected chi connectivity index (χ2v) is 3.56. The fraction of sp³-hybridized carbons (Fsp3) is 0.167. The van der Waals surface area contributed by atoms with Crippen LogP contribution in [-0.2, 0) is 6.54 Å². The minimum atomic E-state index is -1.22. The Morgan fingerprint density at radius 3 is 3.00 bits per heavy atom. The number of halogens is 1. The lowest BCUT2D eigenvalue weighted by atomic mass is 10.2. The van der Waals surface area contributed by atoms with Crippen LogP contribution in [0.1, 0.15) is 10.4 Å². The topological polar surface area (TPSA) is 64.3 Å². The van der Waals surface area contributed by atoms with Gasteiger partial charge in [0.25, 0.3) is 0 Å². The van der Waals surface area contributed by atoms with Crippen LogP contribution in [0.4, 0.5) is 4.39 Å². The largest absolute Gasteiger partial charge is 0.491 e. The van der Waals surface area contributed by atoms with Crippen LogP contribution < -0.4 is 4.74 Å². The van der Waals surface area contributed by atoms with Crippen molar-refractivity contribution in [1.29, 1.82) is 0 Å². The van der Waals surface area contributed by atoms with Gasteiger partial charge in [-0.1, -0.05) is 0 Å². The maximum Gasteiger partial charge on any atom is 0.339 e. The third-order valence-corrected chi connectivity index (χ3v) is 2.31. The number of rotatable bonds is 5. The van der Waals surface area contributed by atoms with Gasteiger partial charge >= 0.3 is 5.97 Å². The van der Waals surface area contributed by atoms with Crippen molar-refractivity contribution in [1.82, 2.24) is 9.78 Å². The zero-order valence-electron chi connectivity index (χ0n) is 9.41. The molecule has 0 saturated carbocycles. The van der Waals surface area contributed by atoms with Crippen molar-refractivity contribution in [2.45, 2.75) is 6.54 Å². The molecule has 6 heteroatoms. The summed E-state index contributed by atoms with van der Waals surface area (Å²) < 4.78 is 19.9. The molecule has 5 nitrogen and oxygen atoms in total. The summed E-state index contributed by atoms with van der Waals surface area (Å²) in [7, 11) is 0. The minimum absolute atomic E-state index is 0.149. The van der Waals surface area contributed by atoms with Gasteiger partial charge in [-0.05, 0) is 24.3 Å². The minimum Gasteiger partial charge on any atom is -0.491 e. The molecule has 2 aromatic rings. The van der Waals surface area contributed by atoms with Crippen LogP contribution in [0.25, 0.3) is 0 Å². The van der Waals surface area contributed by atoms with Gasteiger partial charge in [0.2, 0.25) is 0 Å². The molecule has 0 aliphatic rings. The Kier molecular flexibility index (Phi) is 3.57. The third-order valence-electron chi connectivity index (χ3n) is 2.31. The highest BCUT2D eigenvalue weighted by molar-refractivity contribution is 5.90. The Hall–Kier alpha value is -2.37. The second kappa shape index (κ2) is 5.31. The third kappa shape index (κ3) is 2.85. The van der Waals surface area contributed by atoms with Crippen LogP contribution in [0.2, 0.25) is 0 Å². The van der Waals surface area contributed by atoms with Gasteiger partial charge in [0.1, 0.15) is 23.7 Å². The van der Waals surface area contributed by atoms with Crippen molar-refractivity contribution in [2.24, 2.45) is 0 Å². The van der Waals surface area contributed by atoms with Crippen molar-refractivity contribution in [2.75, 3.05) is 6.61 Å². The highest BCUT2D eigenvalue weighted by Crippen LogP contribution is 2.19. The van der Waals surface area contributed by atoms with Gasteiger partial charge in [0.05, 0.1) is 6.54 Å². The number of aromatic carboxylic acids is 1. The standard InChI is InChI=1S/C12H11FN2O3/c13-9-2-3-11(10(8-9)12(16)17)18-7-6-15-5-1-4-14-15/h1-5,8H,6-7H2,(H,16,17). The monoisotopic (exact) mass is 250 g/mol. The molecule has 0 radical (unpaired) electrons. The molecule has 1 heterocycles. The lowest BCUT2D eigenvalue weighted by Gasteiger charge is -2.09. The van der Waals surface area contributed by atoms with E-state index in [-0.39, 0.29) is 17.9 Å². The summed E-state index contributed by atoms with van der Waals surface area (Å²) in [5.74, 6) is -1.67. The van der Waals surface area contributed by atoms with Crippen LogP contribution in [-0.4, -0.2) is 27.5 Å². The van der Waals surface area contributed by atoms with E-state index in [2.05, 4.69) is 5.10 Å². The first-order valence-corrected chi connectivity index (χ1v) is 5.30. The van der Waals surface area contributed by atoms with E-state index in [0.717, 1.165) is 12.1 Å². The Balaban J connectivity index is 2.02. The molecule has 0 aliphatic carbocycles. The lowest BCUT2D eigenvalue weighted by Crippen LogP contribution is -2.10. The average molecular weight is 250 g/mol. The summed E-state index contributed by atoms with van der Waals surface area (Å²) in [4.78, 5) is 10.9. The van der Waals surface area contributed by atoms with Gasteiger partial charge in [-0.3, -0.25) is 4.68 Å². The SMILES string of the molecule is O=C(O)c1cc(F)ccc1OCCn1cccn1. The van der Waals surface area contributed by atoms with Crippen LogP contribution in [0.5, 0.6) is 5.75 Å². The molecule has 18 heavy (non-hydrogen) atoms. The second-order valence-electron chi connectivity index (χ2n) is 3.56. The molecule has 0 spiro atoms.